The summed E-state index contributed by atoms with van der Waals surface area (Å²) in [5.74, 6) is -1.02. The Labute approximate surface area is 127 Å². The van der Waals surface area contributed by atoms with E-state index in [0.29, 0.717) is 37.7 Å². The molecular formula is C15H18FNO5. The van der Waals surface area contributed by atoms with Crippen molar-refractivity contribution in [3.8, 4) is 5.75 Å². The number of anilines is 1. The standard InChI is InChI=1S/C15H18FNO5/c16-11-6-10-2-1-3-22-13(10)12(7-11)17-15(14(18)19)8-20-4-5-21-9-15/h6-7,17H,1-5,8-9H2,(H,18,19). The fourth-order valence-electron chi connectivity index (χ4n) is 2.70. The van der Waals surface area contributed by atoms with Crippen molar-refractivity contribution in [1.29, 1.82) is 0 Å². The Balaban J connectivity index is 1.96. The normalized spacial score (nSPS) is 20.4. The zero-order chi connectivity index (χ0) is 15.6. The van der Waals surface area contributed by atoms with Gasteiger partial charge < -0.3 is 24.6 Å². The van der Waals surface area contributed by atoms with Gasteiger partial charge in [0.2, 0.25) is 0 Å². The van der Waals surface area contributed by atoms with E-state index in [1.54, 1.807) is 0 Å². The lowest BCUT2D eigenvalue weighted by Gasteiger charge is -2.31. The number of carboxylic acid groups (broad SMARTS) is 1. The summed E-state index contributed by atoms with van der Waals surface area (Å²) in [6, 6.07) is 2.67. The van der Waals surface area contributed by atoms with E-state index < -0.39 is 17.3 Å². The molecule has 0 radical (unpaired) electrons. The van der Waals surface area contributed by atoms with Crippen LogP contribution in [0.1, 0.15) is 12.0 Å². The maximum absolute atomic E-state index is 13.8. The number of hydrogen-bond donors (Lipinski definition) is 2. The van der Waals surface area contributed by atoms with Gasteiger partial charge in [0.05, 0.1) is 38.7 Å². The molecule has 0 amide bonds. The average Bonchev–Trinajstić information content (AvgIpc) is 2.73. The molecule has 1 aromatic carbocycles. The minimum atomic E-state index is -1.46. The Kier molecular flexibility index (Phi) is 4.17. The largest absolute Gasteiger partial charge is 0.491 e. The molecule has 2 heterocycles. The van der Waals surface area contributed by atoms with Crippen molar-refractivity contribution < 1.29 is 28.5 Å². The Morgan fingerprint density at radius 2 is 1.95 bits per heavy atom. The van der Waals surface area contributed by atoms with Crippen LogP contribution in [0.25, 0.3) is 0 Å². The van der Waals surface area contributed by atoms with Crippen LogP contribution in [-0.2, 0) is 20.7 Å². The van der Waals surface area contributed by atoms with Crippen LogP contribution < -0.4 is 10.1 Å². The van der Waals surface area contributed by atoms with Gasteiger partial charge in [0.15, 0.2) is 5.54 Å². The zero-order valence-corrected chi connectivity index (χ0v) is 12.1. The second kappa shape index (κ2) is 6.10. The Bertz CT molecular complexity index is 569. The first kappa shape index (κ1) is 15.1. The SMILES string of the molecule is O=C(O)C1(Nc2cc(F)cc3c2OCCC3)COCCOC1. The van der Waals surface area contributed by atoms with E-state index in [0.717, 1.165) is 12.0 Å². The molecule has 3 rings (SSSR count). The molecule has 6 nitrogen and oxygen atoms in total. The van der Waals surface area contributed by atoms with Gasteiger partial charge in [-0.15, -0.1) is 0 Å². The fourth-order valence-corrected chi connectivity index (χ4v) is 2.70. The minimum Gasteiger partial charge on any atom is -0.491 e. The van der Waals surface area contributed by atoms with Gasteiger partial charge >= 0.3 is 5.97 Å². The number of benzene rings is 1. The second-order valence-corrected chi connectivity index (χ2v) is 5.51. The van der Waals surface area contributed by atoms with Crippen molar-refractivity contribution in [2.75, 3.05) is 38.4 Å². The molecule has 0 bridgehead atoms. The van der Waals surface area contributed by atoms with Crippen molar-refractivity contribution >= 4 is 11.7 Å². The van der Waals surface area contributed by atoms with Crippen molar-refractivity contribution in [3.63, 3.8) is 0 Å². The predicted octanol–water partition coefficient (Wildman–Crippen LogP) is 1.43. The maximum Gasteiger partial charge on any atom is 0.334 e. The summed E-state index contributed by atoms with van der Waals surface area (Å²) in [5.41, 5.74) is -0.394. The van der Waals surface area contributed by atoms with Crippen LogP contribution >= 0.6 is 0 Å². The summed E-state index contributed by atoms with van der Waals surface area (Å²) in [5, 5.41) is 12.5. The van der Waals surface area contributed by atoms with Crippen LogP contribution in [0.15, 0.2) is 12.1 Å². The van der Waals surface area contributed by atoms with E-state index in [1.807, 2.05) is 0 Å². The Morgan fingerprint density at radius 1 is 1.23 bits per heavy atom. The molecule has 0 unspecified atom stereocenters. The number of ether oxygens (including phenoxy) is 3. The highest BCUT2D eigenvalue weighted by molar-refractivity contribution is 5.84. The summed E-state index contributed by atoms with van der Waals surface area (Å²) in [7, 11) is 0. The number of nitrogens with one attached hydrogen (secondary N) is 1. The van der Waals surface area contributed by atoms with Gasteiger partial charge in [0, 0.05) is 6.07 Å². The van der Waals surface area contributed by atoms with E-state index in [2.05, 4.69) is 5.32 Å². The predicted molar refractivity (Wildman–Crippen MR) is 75.8 cm³/mol. The van der Waals surface area contributed by atoms with Crippen LogP contribution in [0.3, 0.4) is 0 Å². The third-order valence-electron chi connectivity index (χ3n) is 3.82. The second-order valence-electron chi connectivity index (χ2n) is 5.51. The highest BCUT2D eigenvalue weighted by Crippen LogP contribution is 2.36. The number of hydrogen-bond acceptors (Lipinski definition) is 5. The molecule has 0 aliphatic carbocycles. The number of aryl methyl sites for hydroxylation is 1. The van der Waals surface area contributed by atoms with E-state index in [4.69, 9.17) is 14.2 Å². The third-order valence-corrected chi connectivity index (χ3v) is 3.82. The molecular weight excluding hydrogens is 293 g/mol. The molecule has 120 valence electrons. The molecule has 1 aromatic rings. The molecule has 0 spiro atoms. The topological polar surface area (TPSA) is 77.0 Å². The van der Waals surface area contributed by atoms with Crippen molar-refractivity contribution in [3.05, 3.63) is 23.5 Å². The van der Waals surface area contributed by atoms with Crippen LogP contribution in [0.4, 0.5) is 10.1 Å². The molecule has 7 heteroatoms. The van der Waals surface area contributed by atoms with Gasteiger partial charge in [0.1, 0.15) is 11.6 Å². The van der Waals surface area contributed by atoms with Crippen LogP contribution in [0, 0.1) is 5.82 Å². The Morgan fingerprint density at radius 3 is 2.64 bits per heavy atom. The van der Waals surface area contributed by atoms with Crippen LogP contribution in [0.5, 0.6) is 5.75 Å². The zero-order valence-electron chi connectivity index (χ0n) is 12.1. The molecule has 0 saturated carbocycles. The summed E-state index contributed by atoms with van der Waals surface area (Å²) in [6.45, 7) is 1.06. The first-order valence-corrected chi connectivity index (χ1v) is 7.23. The third kappa shape index (κ3) is 2.86. The molecule has 2 aliphatic rings. The first-order chi connectivity index (χ1) is 10.6. The molecule has 0 aromatic heterocycles. The Hall–Kier alpha value is -1.86. The number of rotatable bonds is 3. The minimum absolute atomic E-state index is 0.0619. The summed E-state index contributed by atoms with van der Waals surface area (Å²) >= 11 is 0. The smallest absolute Gasteiger partial charge is 0.334 e. The van der Waals surface area contributed by atoms with Crippen molar-refractivity contribution in [2.24, 2.45) is 0 Å². The molecule has 2 N–H and O–H groups in total. The van der Waals surface area contributed by atoms with Gasteiger partial charge in [-0.2, -0.15) is 0 Å². The van der Waals surface area contributed by atoms with Crippen molar-refractivity contribution in [1.82, 2.24) is 0 Å². The van der Waals surface area contributed by atoms with Crippen LogP contribution in [-0.4, -0.2) is 49.6 Å². The summed E-state index contributed by atoms with van der Waals surface area (Å²) in [6.07, 6.45) is 1.51. The molecule has 1 fully saturated rings. The molecule has 22 heavy (non-hydrogen) atoms. The van der Waals surface area contributed by atoms with E-state index in [-0.39, 0.29) is 13.2 Å². The van der Waals surface area contributed by atoms with Gasteiger partial charge in [-0.1, -0.05) is 0 Å². The van der Waals surface area contributed by atoms with E-state index in [9.17, 15) is 14.3 Å². The van der Waals surface area contributed by atoms with E-state index >= 15 is 0 Å². The number of halogens is 1. The quantitative estimate of drug-likeness (QED) is 0.879. The van der Waals surface area contributed by atoms with Crippen LogP contribution in [0.2, 0.25) is 0 Å². The van der Waals surface area contributed by atoms with Gasteiger partial charge in [0.25, 0.3) is 0 Å². The summed E-state index contributed by atoms with van der Waals surface area (Å²) in [4.78, 5) is 11.7. The molecule has 1 saturated heterocycles. The maximum atomic E-state index is 13.8. The number of fused-ring (bicyclic) bond motifs is 1. The first-order valence-electron chi connectivity index (χ1n) is 7.23. The number of carbonyl (C=O) groups is 1. The average molecular weight is 311 g/mol. The van der Waals surface area contributed by atoms with Crippen molar-refractivity contribution in [2.45, 2.75) is 18.4 Å². The fraction of sp³-hybridized carbons (Fsp3) is 0.533. The number of carboxylic acids is 1. The highest BCUT2D eigenvalue weighted by atomic mass is 19.1. The lowest BCUT2D eigenvalue weighted by molar-refractivity contribution is -0.145. The number of aliphatic carboxylic acids is 1. The highest BCUT2D eigenvalue weighted by Gasteiger charge is 2.42. The van der Waals surface area contributed by atoms with Gasteiger partial charge in [-0.25, -0.2) is 9.18 Å². The lowest BCUT2D eigenvalue weighted by atomic mass is 9.99. The molecule has 2 aliphatic heterocycles. The van der Waals surface area contributed by atoms with Gasteiger partial charge in [-0.3, -0.25) is 0 Å². The van der Waals surface area contributed by atoms with E-state index in [1.165, 1.54) is 12.1 Å². The molecule has 0 atom stereocenters. The van der Waals surface area contributed by atoms with Gasteiger partial charge in [-0.05, 0) is 24.5 Å². The summed E-state index contributed by atoms with van der Waals surface area (Å²) < 4.78 is 30.0. The monoisotopic (exact) mass is 311 g/mol. The lowest BCUT2D eigenvalue weighted by Crippen LogP contribution is -2.53.